The minimum atomic E-state index is -0.727. The first-order chi connectivity index (χ1) is 14.0. The number of rotatable bonds is 6. The van der Waals surface area contributed by atoms with Crippen LogP contribution in [0.3, 0.4) is 0 Å². The van der Waals surface area contributed by atoms with Crippen molar-refractivity contribution in [3.63, 3.8) is 0 Å². The molecule has 3 rings (SSSR count). The number of hydrogen-bond acceptors (Lipinski definition) is 7. The zero-order valence-electron chi connectivity index (χ0n) is 18.6. The van der Waals surface area contributed by atoms with Crippen LogP contribution in [0.4, 0.5) is 0 Å². The van der Waals surface area contributed by atoms with Crippen LogP contribution in [0, 0.1) is 5.41 Å². The highest BCUT2D eigenvalue weighted by atomic mass is 16.7. The van der Waals surface area contributed by atoms with Crippen LogP contribution in [0.1, 0.15) is 57.7 Å². The van der Waals surface area contributed by atoms with Gasteiger partial charge in [-0.25, -0.2) is 4.68 Å². The van der Waals surface area contributed by atoms with Crippen molar-refractivity contribution in [2.75, 3.05) is 27.8 Å². The molecule has 0 spiro atoms. The first-order valence-electron chi connectivity index (χ1n) is 10.3. The van der Waals surface area contributed by atoms with Gasteiger partial charge >= 0.3 is 0 Å². The zero-order valence-corrected chi connectivity index (χ0v) is 18.6. The van der Waals surface area contributed by atoms with Crippen LogP contribution in [-0.4, -0.2) is 82.6 Å². The molecule has 3 atom stereocenters. The van der Waals surface area contributed by atoms with E-state index >= 15 is 0 Å². The van der Waals surface area contributed by atoms with Gasteiger partial charge in [0, 0.05) is 59.2 Å². The van der Waals surface area contributed by atoms with E-state index in [2.05, 4.69) is 15.6 Å². The molecule has 0 radical (unpaired) electrons. The van der Waals surface area contributed by atoms with Gasteiger partial charge in [-0.1, -0.05) is 26.0 Å². The Kier molecular flexibility index (Phi) is 6.22. The van der Waals surface area contributed by atoms with Gasteiger partial charge in [0.05, 0.1) is 11.8 Å². The molecule has 0 aromatic carbocycles. The van der Waals surface area contributed by atoms with E-state index in [0.717, 1.165) is 5.69 Å². The summed E-state index contributed by atoms with van der Waals surface area (Å²) < 4.78 is 12.5. The molecule has 10 nitrogen and oxygen atoms in total. The van der Waals surface area contributed by atoms with E-state index in [9.17, 15) is 14.7 Å². The van der Waals surface area contributed by atoms with E-state index in [1.54, 1.807) is 25.1 Å². The lowest BCUT2D eigenvalue weighted by molar-refractivity contribution is -0.258. The lowest BCUT2D eigenvalue weighted by atomic mass is 9.77. The summed E-state index contributed by atoms with van der Waals surface area (Å²) in [6.07, 6.45) is 2.64. The van der Waals surface area contributed by atoms with Gasteiger partial charge in [0.1, 0.15) is 12.1 Å². The van der Waals surface area contributed by atoms with Crippen molar-refractivity contribution in [2.24, 2.45) is 5.41 Å². The molecule has 2 aliphatic rings. The van der Waals surface area contributed by atoms with Crippen molar-refractivity contribution < 1.29 is 24.2 Å². The SMILES string of the molecule is CNC(=O)C1CC(O)CN1C(=O)[C@@H](n1cc(C2CC(OC)(OC)C2)nn1)C(C)(C)C. The summed E-state index contributed by atoms with van der Waals surface area (Å²) in [7, 11) is 4.77. The van der Waals surface area contributed by atoms with E-state index in [-0.39, 0.29) is 30.7 Å². The summed E-state index contributed by atoms with van der Waals surface area (Å²) in [4.78, 5) is 27.3. The highest BCUT2D eigenvalue weighted by Gasteiger charge is 2.48. The third-order valence-corrected chi connectivity index (χ3v) is 6.24. The Labute approximate surface area is 176 Å². The lowest BCUT2D eigenvalue weighted by Gasteiger charge is -2.44. The topological polar surface area (TPSA) is 119 Å². The third-order valence-electron chi connectivity index (χ3n) is 6.24. The number of likely N-dealkylation sites (N-methyl/N-ethyl adjacent to an activating group) is 1. The van der Waals surface area contributed by atoms with Gasteiger partial charge in [0.2, 0.25) is 11.8 Å². The second-order valence-corrected chi connectivity index (χ2v) is 9.33. The zero-order chi connectivity index (χ0) is 22.3. The number of ether oxygens (including phenoxy) is 2. The Bertz CT molecular complexity index is 777. The maximum absolute atomic E-state index is 13.5. The van der Waals surface area contributed by atoms with Gasteiger partial charge < -0.3 is 24.8 Å². The average Bonchev–Trinajstić information content (AvgIpc) is 3.27. The number of nitrogens with one attached hydrogen (secondary N) is 1. The molecule has 1 aliphatic carbocycles. The molecule has 2 amide bonds. The predicted octanol–water partition coefficient (Wildman–Crippen LogP) is 0.440. The van der Waals surface area contributed by atoms with Crippen molar-refractivity contribution in [3.8, 4) is 0 Å². The molecule has 1 saturated heterocycles. The number of methoxy groups -OCH3 is 2. The quantitative estimate of drug-likeness (QED) is 0.637. The van der Waals surface area contributed by atoms with Crippen molar-refractivity contribution in [2.45, 2.75) is 69.9 Å². The molecule has 2 fully saturated rings. The monoisotopic (exact) mass is 423 g/mol. The molecular weight excluding hydrogens is 390 g/mol. The van der Waals surface area contributed by atoms with Crippen LogP contribution in [0.2, 0.25) is 0 Å². The Morgan fingerprint density at radius 2 is 1.93 bits per heavy atom. The van der Waals surface area contributed by atoms with Gasteiger partial charge in [-0.3, -0.25) is 9.59 Å². The smallest absolute Gasteiger partial charge is 0.248 e. The van der Waals surface area contributed by atoms with Crippen LogP contribution >= 0.6 is 0 Å². The average molecular weight is 424 g/mol. The number of β-amino-alcohol motifs (C(OH)–C–C–N with tert-alkyl or cyclic N) is 1. The van der Waals surface area contributed by atoms with E-state index in [0.29, 0.717) is 12.8 Å². The fourth-order valence-corrected chi connectivity index (χ4v) is 4.43. The number of nitrogens with zero attached hydrogens (tertiary/aromatic N) is 4. The van der Waals surface area contributed by atoms with Gasteiger partial charge in [-0.15, -0.1) is 5.10 Å². The minimum absolute atomic E-state index is 0.123. The molecule has 1 aromatic rings. The number of carbonyl (C=O) groups is 2. The van der Waals surface area contributed by atoms with Crippen LogP contribution in [0.15, 0.2) is 6.20 Å². The number of likely N-dealkylation sites (tertiary alicyclic amines) is 1. The van der Waals surface area contributed by atoms with E-state index in [1.807, 2.05) is 20.8 Å². The summed E-state index contributed by atoms with van der Waals surface area (Å²) in [6.45, 7) is 5.96. The van der Waals surface area contributed by atoms with Gasteiger partial charge in [-0.2, -0.15) is 0 Å². The fraction of sp³-hybridized carbons (Fsp3) is 0.800. The van der Waals surface area contributed by atoms with Crippen LogP contribution in [0.25, 0.3) is 0 Å². The Morgan fingerprint density at radius 1 is 1.30 bits per heavy atom. The van der Waals surface area contributed by atoms with E-state index in [1.165, 1.54) is 11.9 Å². The molecule has 30 heavy (non-hydrogen) atoms. The number of carbonyl (C=O) groups excluding carboxylic acids is 2. The first-order valence-corrected chi connectivity index (χ1v) is 10.3. The molecule has 1 saturated carbocycles. The highest BCUT2D eigenvalue weighted by molar-refractivity contribution is 5.90. The molecule has 0 bridgehead atoms. The number of aromatic nitrogens is 3. The van der Waals surface area contributed by atoms with Crippen molar-refractivity contribution in [3.05, 3.63) is 11.9 Å². The molecule has 1 aromatic heterocycles. The predicted molar refractivity (Wildman–Crippen MR) is 107 cm³/mol. The highest BCUT2D eigenvalue weighted by Crippen LogP contribution is 2.47. The summed E-state index contributed by atoms with van der Waals surface area (Å²) in [5, 5.41) is 21.2. The lowest BCUT2D eigenvalue weighted by Crippen LogP contribution is -2.49. The Balaban J connectivity index is 1.83. The first kappa shape index (κ1) is 22.6. The fourth-order valence-electron chi connectivity index (χ4n) is 4.43. The normalized spacial score (nSPS) is 25.1. The van der Waals surface area contributed by atoms with Crippen molar-refractivity contribution in [1.82, 2.24) is 25.2 Å². The van der Waals surface area contributed by atoms with Crippen LogP contribution in [-0.2, 0) is 19.1 Å². The van der Waals surface area contributed by atoms with Crippen molar-refractivity contribution >= 4 is 11.8 Å². The minimum Gasteiger partial charge on any atom is -0.391 e. The maximum Gasteiger partial charge on any atom is 0.248 e. The number of aliphatic hydroxyl groups is 1. The van der Waals surface area contributed by atoms with Gasteiger partial charge in [-0.05, 0) is 5.41 Å². The molecule has 168 valence electrons. The Hall–Kier alpha value is -2.04. The summed E-state index contributed by atoms with van der Waals surface area (Å²) in [5.74, 6) is -0.973. The number of hydrogen-bond donors (Lipinski definition) is 2. The van der Waals surface area contributed by atoms with E-state index in [4.69, 9.17) is 9.47 Å². The second kappa shape index (κ2) is 8.24. The Morgan fingerprint density at radius 3 is 2.47 bits per heavy atom. The number of aliphatic hydroxyl groups excluding tert-OH is 1. The summed E-state index contributed by atoms with van der Waals surface area (Å²) in [6, 6.07) is -1.35. The standard InChI is InChI=1S/C20H33N5O5/c1-19(2,3)16(18(28)24-10-13(26)7-15(24)17(27)21-4)25-11-14(22-23-25)12-8-20(9-12,29-5)30-6/h11-13,15-16,26H,7-10H2,1-6H3,(H,21,27)/t13?,15?,16-/m1/s1. The molecule has 1 aliphatic heterocycles. The molecule has 2 N–H and O–H groups in total. The molecule has 2 heterocycles. The van der Waals surface area contributed by atoms with Crippen LogP contribution in [0.5, 0.6) is 0 Å². The maximum atomic E-state index is 13.5. The molecule has 10 heteroatoms. The van der Waals surface area contributed by atoms with Gasteiger partial charge in [0.15, 0.2) is 5.79 Å². The largest absolute Gasteiger partial charge is 0.391 e. The number of amides is 2. The summed E-state index contributed by atoms with van der Waals surface area (Å²) in [5.41, 5.74) is 0.303. The summed E-state index contributed by atoms with van der Waals surface area (Å²) >= 11 is 0. The van der Waals surface area contributed by atoms with Crippen molar-refractivity contribution in [1.29, 1.82) is 0 Å². The third kappa shape index (κ3) is 4.08. The molecule has 2 unspecified atom stereocenters. The molecular formula is C20H33N5O5. The second-order valence-electron chi connectivity index (χ2n) is 9.33. The van der Waals surface area contributed by atoms with Crippen LogP contribution < -0.4 is 5.32 Å². The van der Waals surface area contributed by atoms with Gasteiger partial charge in [0.25, 0.3) is 0 Å². The van der Waals surface area contributed by atoms with E-state index < -0.39 is 29.4 Å².